The fraction of sp³-hybridized carbons (Fsp3) is 0.850. The Balaban J connectivity index is 4.26. The zero-order valence-electron chi connectivity index (χ0n) is 44.2. The molecule has 0 fully saturated rings. The van der Waals surface area contributed by atoms with E-state index in [9.17, 15) is 14.4 Å². The Kier molecular flexibility index (Phi) is 53.2. The van der Waals surface area contributed by atoms with Crippen LogP contribution in [0.15, 0.2) is 36.5 Å². The second kappa shape index (κ2) is 55.2. The molecule has 0 aliphatic heterocycles. The quantitative estimate of drug-likeness (QED) is 0.0262. The summed E-state index contributed by atoms with van der Waals surface area (Å²) in [6.45, 7) is 6.59. The number of esters is 3. The molecule has 0 aromatic carbocycles. The lowest BCUT2D eigenvalue weighted by molar-refractivity contribution is -0.167. The van der Waals surface area contributed by atoms with Crippen LogP contribution in [-0.4, -0.2) is 37.2 Å². The molecule has 0 radical (unpaired) electrons. The Morgan fingerprint density at radius 3 is 0.924 bits per heavy atom. The molecular formula is C60H110O6. The highest BCUT2D eigenvalue weighted by atomic mass is 16.6. The van der Waals surface area contributed by atoms with Gasteiger partial charge in [-0.05, 0) is 70.6 Å². The fourth-order valence-corrected chi connectivity index (χ4v) is 8.46. The normalized spacial score (nSPS) is 12.2. The van der Waals surface area contributed by atoms with Crippen LogP contribution in [0.1, 0.15) is 310 Å². The molecule has 0 aliphatic carbocycles. The lowest BCUT2D eigenvalue weighted by atomic mass is 10.0. The summed E-state index contributed by atoms with van der Waals surface area (Å²) in [5, 5.41) is 0. The number of carbonyl (C=O) groups is 3. The smallest absolute Gasteiger partial charge is 0.306 e. The monoisotopic (exact) mass is 927 g/mol. The van der Waals surface area contributed by atoms with Crippen molar-refractivity contribution in [3.05, 3.63) is 36.5 Å². The second-order valence-corrected chi connectivity index (χ2v) is 19.6. The average molecular weight is 928 g/mol. The van der Waals surface area contributed by atoms with Gasteiger partial charge >= 0.3 is 17.9 Å². The van der Waals surface area contributed by atoms with Crippen LogP contribution in [0, 0.1) is 0 Å². The van der Waals surface area contributed by atoms with Gasteiger partial charge in [-0.3, -0.25) is 14.4 Å². The summed E-state index contributed by atoms with van der Waals surface area (Å²) < 4.78 is 16.8. The van der Waals surface area contributed by atoms with Crippen molar-refractivity contribution in [3.8, 4) is 0 Å². The van der Waals surface area contributed by atoms with Gasteiger partial charge in [0.05, 0.1) is 0 Å². The molecular weight excluding hydrogens is 817 g/mol. The van der Waals surface area contributed by atoms with Gasteiger partial charge in [0.15, 0.2) is 6.10 Å². The van der Waals surface area contributed by atoms with Gasteiger partial charge in [-0.2, -0.15) is 0 Å². The van der Waals surface area contributed by atoms with Gasteiger partial charge in [-0.15, -0.1) is 0 Å². The van der Waals surface area contributed by atoms with E-state index in [2.05, 4.69) is 57.2 Å². The Labute approximate surface area is 410 Å². The van der Waals surface area contributed by atoms with Gasteiger partial charge in [0, 0.05) is 19.3 Å². The number of hydrogen-bond donors (Lipinski definition) is 0. The van der Waals surface area contributed by atoms with E-state index in [1.54, 1.807) is 0 Å². The van der Waals surface area contributed by atoms with Crippen molar-refractivity contribution in [1.29, 1.82) is 0 Å². The SMILES string of the molecule is CCCC/C=C\C/C=C\CCCCCCCC(=O)OC(COC(=O)CCCCCCC/C=C\CCCCC)COC(=O)CCCCCCCCCCCCCCCCCCCCCCCC. The van der Waals surface area contributed by atoms with Crippen LogP contribution < -0.4 is 0 Å². The van der Waals surface area contributed by atoms with Gasteiger partial charge in [0.1, 0.15) is 13.2 Å². The summed E-state index contributed by atoms with van der Waals surface area (Å²) in [6.07, 6.45) is 65.7. The predicted octanol–water partition coefficient (Wildman–Crippen LogP) is 19.3. The van der Waals surface area contributed by atoms with E-state index >= 15 is 0 Å². The third-order valence-electron chi connectivity index (χ3n) is 12.9. The molecule has 0 aromatic rings. The van der Waals surface area contributed by atoms with Gasteiger partial charge in [-0.1, -0.05) is 256 Å². The van der Waals surface area contributed by atoms with Gasteiger partial charge in [-0.25, -0.2) is 0 Å². The first-order chi connectivity index (χ1) is 32.5. The largest absolute Gasteiger partial charge is 0.462 e. The molecule has 0 rings (SSSR count). The Hall–Kier alpha value is -2.37. The molecule has 1 unspecified atom stereocenters. The standard InChI is InChI=1S/C60H110O6/c1-4-7-10-13-16-19-22-25-27-28-29-30-31-32-33-34-36-38-41-44-47-50-53-59(62)65-56-57(55-64-58(61)52-49-46-43-40-37-24-21-18-15-12-9-6-3)66-60(63)54-51-48-45-42-39-35-26-23-20-17-14-11-8-5-2/h14,17-18,21,23,26,57H,4-13,15-16,19-20,22,24-25,27-56H2,1-3H3/b17-14-,21-18-,26-23-. The van der Waals surface area contributed by atoms with E-state index in [0.29, 0.717) is 19.3 Å². The molecule has 0 aromatic heterocycles. The first-order valence-electron chi connectivity index (χ1n) is 29.0. The number of carbonyl (C=O) groups excluding carboxylic acids is 3. The fourth-order valence-electron chi connectivity index (χ4n) is 8.46. The molecule has 386 valence electrons. The van der Waals surface area contributed by atoms with Crippen LogP contribution in [0.3, 0.4) is 0 Å². The number of allylic oxidation sites excluding steroid dienone is 6. The Bertz CT molecular complexity index is 1110. The van der Waals surface area contributed by atoms with E-state index in [1.807, 2.05) is 0 Å². The lowest BCUT2D eigenvalue weighted by Gasteiger charge is -2.18. The zero-order valence-corrected chi connectivity index (χ0v) is 44.2. The first kappa shape index (κ1) is 63.6. The predicted molar refractivity (Wildman–Crippen MR) is 284 cm³/mol. The van der Waals surface area contributed by atoms with Crippen molar-refractivity contribution in [1.82, 2.24) is 0 Å². The first-order valence-corrected chi connectivity index (χ1v) is 29.0. The maximum Gasteiger partial charge on any atom is 0.306 e. The topological polar surface area (TPSA) is 78.9 Å². The van der Waals surface area contributed by atoms with Gasteiger partial charge in [0.25, 0.3) is 0 Å². The average Bonchev–Trinajstić information content (AvgIpc) is 3.31. The van der Waals surface area contributed by atoms with Crippen LogP contribution in [0.2, 0.25) is 0 Å². The van der Waals surface area contributed by atoms with E-state index in [-0.39, 0.29) is 31.1 Å². The molecule has 6 heteroatoms. The Morgan fingerprint density at radius 1 is 0.303 bits per heavy atom. The molecule has 6 nitrogen and oxygen atoms in total. The van der Waals surface area contributed by atoms with Gasteiger partial charge < -0.3 is 14.2 Å². The summed E-state index contributed by atoms with van der Waals surface area (Å²) in [4.78, 5) is 38.1. The summed E-state index contributed by atoms with van der Waals surface area (Å²) in [5.41, 5.74) is 0. The highest BCUT2D eigenvalue weighted by molar-refractivity contribution is 5.71. The van der Waals surface area contributed by atoms with E-state index in [0.717, 1.165) is 89.9 Å². The minimum Gasteiger partial charge on any atom is -0.462 e. The zero-order chi connectivity index (χ0) is 47.9. The molecule has 0 bridgehead atoms. The molecule has 0 N–H and O–H groups in total. The minimum atomic E-state index is -0.779. The maximum absolute atomic E-state index is 12.8. The number of hydrogen-bond acceptors (Lipinski definition) is 6. The number of unbranched alkanes of at least 4 members (excludes halogenated alkanes) is 36. The van der Waals surface area contributed by atoms with Crippen LogP contribution in [0.5, 0.6) is 0 Å². The van der Waals surface area contributed by atoms with Crippen LogP contribution in [0.25, 0.3) is 0 Å². The molecule has 0 spiro atoms. The molecule has 0 saturated heterocycles. The van der Waals surface area contributed by atoms with E-state index in [1.165, 1.54) is 180 Å². The molecule has 0 saturated carbocycles. The minimum absolute atomic E-state index is 0.0771. The van der Waals surface area contributed by atoms with Crippen molar-refractivity contribution in [3.63, 3.8) is 0 Å². The van der Waals surface area contributed by atoms with Crippen LogP contribution in [0.4, 0.5) is 0 Å². The lowest BCUT2D eigenvalue weighted by Crippen LogP contribution is -2.30. The number of ether oxygens (including phenoxy) is 3. The molecule has 0 amide bonds. The number of rotatable bonds is 53. The molecule has 0 heterocycles. The summed E-state index contributed by atoms with van der Waals surface area (Å²) in [5.74, 6) is -0.885. The highest BCUT2D eigenvalue weighted by Crippen LogP contribution is 2.17. The second-order valence-electron chi connectivity index (χ2n) is 19.6. The Morgan fingerprint density at radius 2 is 0.561 bits per heavy atom. The van der Waals surface area contributed by atoms with E-state index in [4.69, 9.17) is 14.2 Å². The van der Waals surface area contributed by atoms with Crippen molar-refractivity contribution in [2.45, 2.75) is 316 Å². The van der Waals surface area contributed by atoms with Crippen molar-refractivity contribution >= 4 is 17.9 Å². The summed E-state index contributed by atoms with van der Waals surface area (Å²) in [7, 11) is 0. The third kappa shape index (κ3) is 52.6. The summed E-state index contributed by atoms with van der Waals surface area (Å²) in [6, 6.07) is 0. The van der Waals surface area contributed by atoms with Crippen molar-refractivity contribution in [2.24, 2.45) is 0 Å². The molecule has 0 aliphatic rings. The van der Waals surface area contributed by atoms with Crippen molar-refractivity contribution < 1.29 is 28.6 Å². The molecule has 66 heavy (non-hydrogen) atoms. The van der Waals surface area contributed by atoms with Crippen LogP contribution >= 0.6 is 0 Å². The van der Waals surface area contributed by atoms with Crippen molar-refractivity contribution in [2.75, 3.05) is 13.2 Å². The van der Waals surface area contributed by atoms with Gasteiger partial charge in [0.2, 0.25) is 0 Å². The van der Waals surface area contributed by atoms with E-state index < -0.39 is 6.10 Å². The van der Waals surface area contributed by atoms with Crippen LogP contribution in [-0.2, 0) is 28.6 Å². The summed E-state index contributed by atoms with van der Waals surface area (Å²) >= 11 is 0. The highest BCUT2D eigenvalue weighted by Gasteiger charge is 2.19. The maximum atomic E-state index is 12.8. The third-order valence-corrected chi connectivity index (χ3v) is 12.9. The molecule has 1 atom stereocenters.